The lowest BCUT2D eigenvalue weighted by molar-refractivity contribution is 0.0696. The quantitative estimate of drug-likeness (QED) is 0.476. The van der Waals surface area contributed by atoms with Gasteiger partial charge in [0.2, 0.25) is 0 Å². The maximum Gasteiger partial charge on any atom is 0.339 e. The first-order chi connectivity index (χ1) is 12.3. The Balaban J connectivity index is 1.86. The Morgan fingerprint density at radius 1 is 1.27 bits per heavy atom. The van der Waals surface area contributed by atoms with Crippen LogP contribution in [-0.4, -0.2) is 17.0 Å². The topological polar surface area (TPSA) is 104 Å². The lowest BCUT2D eigenvalue weighted by atomic mass is 9.76. The Morgan fingerprint density at radius 3 is 2.58 bits per heavy atom. The molecule has 1 aliphatic rings. The van der Waals surface area contributed by atoms with Crippen molar-refractivity contribution in [3.05, 3.63) is 51.4 Å². The van der Waals surface area contributed by atoms with Crippen LogP contribution in [0.15, 0.2) is 24.3 Å². The summed E-state index contributed by atoms with van der Waals surface area (Å²) in [6, 6.07) is 7.04. The number of amides is 1. The van der Waals surface area contributed by atoms with E-state index < -0.39 is 5.97 Å². The highest BCUT2D eigenvalue weighted by Crippen LogP contribution is 2.43. The molecule has 0 aliphatic heterocycles. The molecule has 0 spiro atoms. The Labute approximate surface area is 156 Å². The van der Waals surface area contributed by atoms with Crippen LogP contribution in [0.5, 0.6) is 0 Å². The van der Waals surface area contributed by atoms with Gasteiger partial charge in [-0.1, -0.05) is 26.0 Å². The number of carbonyl (C=O) groups is 2. The molecule has 0 bridgehead atoms. The van der Waals surface area contributed by atoms with Crippen molar-refractivity contribution in [1.29, 1.82) is 0 Å². The van der Waals surface area contributed by atoms with Gasteiger partial charge in [0.05, 0.1) is 5.56 Å². The molecule has 0 fully saturated rings. The van der Waals surface area contributed by atoms with Gasteiger partial charge in [-0.3, -0.25) is 16.1 Å². The zero-order valence-corrected chi connectivity index (χ0v) is 15.7. The van der Waals surface area contributed by atoms with Crippen molar-refractivity contribution in [3.8, 4) is 0 Å². The van der Waals surface area contributed by atoms with Crippen LogP contribution in [0.1, 0.15) is 57.0 Å². The summed E-state index contributed by atoms with van der Waals surface area (Å²) in [5.74, 6) is 3.99. The van der Waals surface area contributed by atoms with Gasteiger partial charge in [-0.05, 0) is 47.9 Å². The van der Waals surface area contributed by atoms with Gasteiger partial charge < -0.3 is 10.4 Å². The molecule has 3 rings (SSSR count). The number of anilines is 1. The number of aromatic carboxylic acids is 1. The van der Waals surface area contributed by atoms with Gasteiger partial charge in [0, 0.05) is 17.0 Å². The Bertz CT molecular complexity index is 840. The molecule has 0 radical (unpaired) electrons. The number of aryl methyl sites for hydroxylation is 1. The predicted molar refractivity (Wildman–Crippen MR) is 103 cm³/mol. The molecule has 7 heteroatoms. The van der Waals surface area contributed by atoms with Crippen LogP contribution in [0.25, 0.3) is 0 Å². The second kappa shape index (κ2) is 7.19. The number of hydrogen-bond acceptors (Lipinski definition) is 5. The molecule has 5 N–H and O–H groups in total. The van der Waals surface area contributed by atoms with Crippen molar-refractivity contribution in [1.82, 2.24) is 5.43 Å². The molecule has 138 valence electrons. The van der Waals surface area contributed by atoms with Crippen LogP contribution < -0.4 is 16.6 Å². The minimum absolute atomic E-state index is 0.0758. The average molecular weight is 373 g/mol. The molecular formula is C19H23N3O3S. The van der Waals surface area contributed by atoms with E-state index in [1.165, 1.54) is 11.3 Å². The van der Waals surface area contributed by atoms with E-state index in [2.05, 4.69) is 24.6 Å². The third-order valence-corrected chi connectivity index (χ3v) is 5.95. The van der Waals surface area contributed by atoms with Gasteiger partial charge in [-0.15, -0.1) is 11.3 Å². The van der Waals surface area contributed by atoms with Crippen molar-refractivity contribution in [3.63, 3.8) is 0 Å². The van der Waals surface area contributed by atoms with Crippen molar-refractivity contribution < 1.29 is 14.7 Å². The number of fused-ring (bicyclic) bond motifs is 1. The predicted octanol–water partition coefficient (Wildman–Crippen LogP) is 3.18. The fraction of sp³-hybridized carbons (Fsp3) is 0.368. The molecule has 1 amide bonds. The van der Waals surface area contributed by atoms with Gasteiger partial charge in [-0.25, -0.2) is 4.79 Å². The SMILES string of the molecule is CC1(C)CCc2sc(NC(=O)c3ccc(CNN)cc3)c(C(=O)O)c2C1. The lowest BCUT2D eigenvalue weighted by Gasteiger charge is -2.29. The zero-order valence-electron chi connectivity index (χ0n) is 14.9. The third-order valence-electron chi connectivity index (χ3n) is 4.74. The standard InChI is InChI=1S/C19H23N3O3S/c1-19(2)8-7-14-13(9-19)15(18(24)25)17(26-14)22-16(23)12-5-3-11(4-6-12)10-21-20/h3-6,21H,7-10,20H2,1-2H3,(H,22,23)(H,24,25). The van der Waals surface area contributed by atoms with Gasteiger partial charge in [-0.2, -0.15) is 0 Å². The fourth-order valence-electron chi connectivity index (χ4n) is 3.30. The number of carboxylic acids is 1. The minimum Gasteiger partial charge on any atom is -0.478 e. The summed E-state index contributed by atoms with van der Waals surface area (Å²) in [7, 11) is 0. The number of carboxylic acid groups (broad SMARTS) is 1. The van der Waals surface area contributed by atoms with Gasteiger partial charge in [0.15, 0.2) is 0 Å². The fourth-order valence-corrected chi connectivity index (χ4v) is 4.51. The first-order valence-corrected chi connectivity index (χ1v) is 9.34. The molecule has 1 aromatic carbocycles. The third kappa shape index (κ3) is 3.80. The monoisotopic (exact) mass is 373 g/mol. The molecule has 0 unspecified atom stereocenters. The number of benzene rings is 1. The largest absolute Gasteiger partial charge is 0.478 e. The molecule has 1 heterocycles. The van der Waals surface area contributed by atoms with Crippen molar-refractivity contribution in [2.45, 2.75) is 39.7 Å². The molecule has 0 saturated heterocycles. The summed E-state index contributed by atoms with van der Waals surface area (Å²) in [4.78, 5) is 25.5. The molecule has 1 aromatic heterocycles. The Kier molecular flexibility index (Phi) is 5.13. The van der Waals surface area contributed by atoms with Crippen molar-refractivity contribution >= 4 is 28.2 Å². The molecule has 2 aromatic rings. The number of nitrogens with two attached hydrogens (primary N) is 1. The summed E-state index contributed by atoms with van der Waals surface area (Å²) < 4.78 is 0. The first kappa shape index (κ1) is 18.6. The highest BCUT2D eigenvalue weighted by molar-refractivity contribution is 7.17. The molecule has 0 saturated carbocycles. The summed E-state index contributed by atoms with van der Waals surface area (Å²) in [6.07, 6.45) is 2.59. The van der Waals surface area contributed by atoms with E-state index in [-0.39, 0.29) is 16.9 Å². The summed E-state index contributed by atoms with van der Waals surface area (Å²) in [6.45, 7) is 4.81. The van der Waals surface area contributed by atoms with E-state index in [1.54, 1.807) is 12.1 Å². The minimum atomic E-state index is -0.986. The van der Waals surface area contributed by atoms with E-state index >= 15 is 0 Å². The first-order valence-electron chi connectivity index (χ1n) is 8.52. The molecule has 6 nitrogen and oxygen atoms in total. The summed E-state index contributed by atoms with van der Waals surface area (Å²) >= 11 is 1.39. The van der Waals surface area contributed by atoms with E-state index in [0.717, 1.165) is 35.3 Å². The maximum absolute atomic E-state index is 12.6. The van der Waals surface area contributed by atoms with Crippen LogP contribution in [0, 0.1) is 5.41 Å². The normalized spacial score (nSPS) is 15.3. The number of thiophene rings is 1. The number of hydrazine groups is 1. The number of rotatable bonds is 5. The average Bonchev–Trinajstić information content (AvgIpc) is 2.91. The second-order valence-electron chi connectivity index (χ2n) is 7.39. The second-order valence-corrected chi connectivity index (χ2v) is 8.49. The highest BCUT2D eigenvalue weighted by atomic mass is 32.1. The molecule has 0 atom stereocenters. The van der Waals surface area contributed by atoms with Gasteiger partial charge in [0.25, 0.3) is 5.91 Å². The lowest BCUT2D eigenvalue weighted by Crippen LogP contribution is -2.22. The Morgan fingerprint density at radius 2 is 1.96 bits per heavy atom. The van der Waals surface area contributed by atoms with Crippen LogP contribution in [0.3, 0.4) is 0 Å². The summed E-state index contributed by atoms with van der Waals surface area (Å²) in [5.41, 5.74) is 5.20. The van der Waals surface area contributed by atoms with Crippen molar-refractivity contribution in [2.24, 2.45) is 11.3 Å². The smallest absolute Gasteiger partial charge is 0.339 e. The molecule has 26 heavy (non-hydrogen) atoms. The Hall–Kier alpha value is -2.22. The molecular weight excluding hydrogens is 350 g/mol. The van der Waals surface area contributed by atoms with E-state index in [1.807, 2.05) is 12.1 Å². The van der Waals surface area contributed by atoms with E-state index in [0.29, 0.717) is 17.1 Å². The van der Waals surface area contributed by atoms with Crippen LogP contribution in [0.2, 0.25) is 0 Å². The maximum atomic E-state index is 12.6. The van der Waals surface area contributed by atoms with Crippen LogP contribution in [0.4, 0.5) is 5.00 Å². The molecule has 1 aliphatic carbocycles. The van der Waals surface area contributed by atoms with Crippen molar-refractivity contribution in [2.75, 3.05) is 5.32 Å². The number of hydrogen-bond donors (Lipinski definition) is 4. The van der Waals surface area contributed by atoms with E-state index in [9.17, 15) is 14.7 Å². The van der Waals surface area contributed by atoms with Gasteiger partial charge >= 0.3 is 5.97 Å². The number of carbonyl (C=O) groups excluding carboxylic acids is 1. The number of nitrogens with one attached hydrogen (secondary N) is 2. The van der Waals surface area contributed by atoms with Crippen LogP contribution in [-0.2, 0) is 19.4 Å². The summed E-state index contributed by atoms with van der Waals surface area (Å²) in [5, 5.41) is 12.9. The zero-order chi connectivity index (χ0) is 18.9. The van der Waals surface area contributed by atoms with Gasteiger partial charge in [0.1, 0.15) is 5.00 Å². The van der Waals surface area contributed by atoms with Crippen LogP contribution >= 0.6 is 11.3 Å². The highest BCUT2D eigenvalue weighted by Gasteiger charge is 2.33. The van der Waals surface area contributed by atoms with E-state index in [4.69, 9.17) is 5.84 Å².